The number of aromatic nitrogens is 2. The molecule has 0 spiro atoms. The molecule has 0 fully saturated rings. The number of imidazole rings is 1. The maximum absolute atomic E-state index is 11.5. The van der Waals surface area contributed by atoms with Crippen LogP contribution in [0.2, 0.25) is 5.02 Å². The summed E-state index contributed by atoms with van der Waals surface area (Å²) in [5.74, 6) is 0.0608. The minimum absolute atomic E-state index is 0.0127. The van der Waals surface area contributed by atoms with E-state index in [9.17, 15) is 23.2 Å². The number of fused-ring (bicyclic) bond motifs is 3. The number of phenolic OH excluding ortho intramolecular Hbond substituents is 2. The molecule has 1 aromatic heterocycles. The lowest BCUT2D eigenvalue weighted by Gasteiger charge is -2.06. The Labute approximate surface area is 187 Å². The summed E-state index contributed by atoms with van der Waals surface area (Å²) in [6, 6.07) is 18.0. The molecule has 4 aromatic carbocycles. The molecular weight excluding hydrogens is 452 g/mol. The zero-order chi connectivity index (χ0) is 22.6. The Bertz CT molecular complexity index is 1630. The molecule has 0 aliphatic carbocycles. The number of hydrogen-bond acceptors (Lipinski definition) is 5. The van der Waals surface area contributed by atoms with E-state index in [-0.39, 0.29) is 11.5 Å². The van der Waals surface area contributed by atoms with E-state index in [0.29, 0.717) is 38.2 Å². The number of rotatable bonds is 3. The van der Waals surface area contributed by atoms with Crippen molar-refractivity contribution >= 4 is 43.5 Å². The average molecular weight is 467 g/mol. The second-order valence-corrected chi connectivity index (χ2v) is 9.16. The first kappa shape index (κ1) is 20.3. The van der Waals surface area contributed by atoms with Gasteiger partial charge in [-0.15, -0.1) is 0 Å². The van der Waals surface area contributed by atoms with Crippen LogP contribution in [0.5, 0.6) is 11.5 Å². The van der Waals surface area contributed by atoms with E-state index in [4.69, 9.17) is 11.6 Å². The minimum Gasteiger partial charge on any atom is -0.507 e. The lowest BCUT2D eigenvalue weighted by Crippen LogP contribution is -1.97. The first-order chi connectivity index (χ1) is 15.2. The lowest BCUT2D eigenvalue weighted by atomic mass is 10.0. The van der Waals surface area contributed by atoms with Crippen LogP contribution >= 0.6 is 11.6 Å². The lowest BCUT2D eigenvalue weighted by molar-refractivity contribution is 0.471. The van der Waals surface area contributed by atoms with E-state index in [1.807, 2.05) is 18.2 Å². The minimum atomic E-state index is -4.47. The molecule has 1 heterocycles. The molecule has 0 radical (unpaired) electrons. The molecule has 5 aromatic rings. The van der Waals surface area contributed by atoms with E-state index in [0.717, 1.165) is 17.2 Å². The van der Waals surface area contributed by atoms with Crippen LogP contribution in [0, 0.1) is 0 Å². The zero-order valence-electron chi connectivity index (χ0n) is 16.2. The Balaban J connectivity index is 1.63. The molecule has 0 aliphatic rings. The summed E-state index contributed by atoms with van der Waals surface area (Å²) in [6.07, 6.45) is 0. The highest BCUT2D eigenvalue weighted by Gasteiger charge is 2.18. The second-order valence-electron chi connectivity index (χ2n) is 7.30. The molecule has 0 aliphatic heterocycles. The molecule has 9 heteroatoms. The van der Waals surface area contributed by atoms with Crippen LogP contribution in [0.4, 0.5) is 0 Å². The third kappa shape index (κ3) is 3.44. The predicted molar refractivity (Wildman–Crippen MR) is 123 cm³/mol. The van der Waals surface area contributed by atoms with Crippen molar-refractivity contribution in [3.05, 3.63) is 71.8 Å². The quantitative estimate of drug-likeness (QED) is 0.265. The number of nitrogens with zero attached hydrogens (tertiary/aromatic N) is 1. The molecule has 0 atom stereocenters. The van der Waals surface area contributed by atoms with Crippen molar-refractivity contribution < 1.29 is 23.2 Å². The number of hydrogen-bond donors (Lipinski definition) is 4. The van der Waals surface area contributed by atoms with Crippen molar-refractivity contribution in [1.29, 1.82) is 0 Å². The van der Waals surface area contributed by atoms with Crippen LogP contribution < -0.4 is 0 Å². The fourth-order valence-corrected chi connectivity index (χ4v) is 4.38. The number of H-pyrrole nitrogens is 1. The van der Waals surface area contributed by atoms with Gasteiger partial charge in [-0.05, 0) is 52.9 Å². The maximum atomic E-state index is 11.5. The first-order valence-electron chi connectivity index (χ1n) is 9.43. The summed E-state index contributed by atoms with van der Waals surface area (Å²) in [5, 5.41) is 22.4. The van der Waals surface area contributed by atoms with Crippen LogP contribution in [-0.2, 0) is 10.1 Å². The largest absolute Gasteiger partial charge is 0.507 e. The Kier molecular flexibility index (Phi) is 4.59. The summed E-state index contributed by atoms with van der Waals surface area (Å²) in [5.41, 5.74) is 3.15. The van der Waals surface area contributed by atoms with Gasteiger partial charge in [0.15, 0.2) is 0 Å². The zero-order valence-corrected chi connectivity index (χ0v) is 17.8. The van der Waals surface area contributed by atoms with Crippen molar-refractivity contribution in [2.75, 3.05) is 0 Å². The first-order valence-corrected chi connectivity index (χ1v) is 11.2. The molecule has 0 amide bonds. The van der Waals surface area contributed by atoms with E-state index in [2.05, 4.69) is 9.97 Å². The molecule has 32 heavy (non-hydrogen) atoms. The molecule has 0 saturated carbocycles. The molecule has 7 nitrogen and oxygen atoms in total. The average Bonchev–Trinajstić information content (AvgIpc) is 3.17. The summed E-state index contributed by atoms with van der Waals surface area (Å²) in [6.45, 7) is 0. The van der Waals surface area contributed by atoms with Gasteiger partial charge < -0.3 is 15.2 Å². The number of phenols is 2. The topological polar surface area (TPSA) is 124 Å². The molecule has 4 N–H and O–H groups in total. The van der Waals surface area contributed by atoms with Crippen molar-refractivity contribution in [1.82, 2.24) is 9.97 Å². The number of halogens is 1. The standard InChI is InChI=1S/C23H15ClN2O5S/c24-15-5-1-12(2-6-15)13-3-7-17(19(27)10-13)23-25-18-8-4-14-9-16(32(29,30)31)11-20(28)21(14)22(18)26-23/h1-11,27-28H,(H,25,26)(H,29,30,31). The molecular formula is C23H15ClN2O5S. The Morgan fingerprint density at radius 1 is 0.844 bits per heavy atom. The number of aromatic amines is 1. The highest BCUT2D eigenvalue weighted by atomic mass is 35.5. The Morgan fingerprint density at radius 3 is 2.25 bits per heavy atom. The summed E-state index contributed by atoms with van der Waals surface area (Å²) < 4.78 is 32.2. The molecule has 0 saturated heterocycles. The second kappa shape index (κ2) is 7.23. The van der Waals surface area contributed by atoms with Crippen molar-refractivity contribution in [3.8, 4) is 34.0 Å². The van der Waals surface area contributed by atoms with Crippen molar-refractivity contribution in [2.24, 2.45) is 0 Å². The molecule has 0 unspecified atom stereocenters. The van der Waals surface area contributed by atoms with Gasteiger partial charge in [0.1, 0.15) is 22.8 Å². The van der Waals surface area contributed by atoms with Gasteiger partial charge in [0.25, 0.3) is 10.1 Å². The van der Waals surface area contributed by atoms with Crippen LogP contribution in [0.1, 0.15) is 0 Å². The van der Waals surface area contributed by atoms with Crippen LogP contribution in [-0.4, -0.2) is 33.2 Å². The van der Waals surface area contributed by atoms with E-state index in [1.165, 1.54) is 6.07 Å². The van der Waals surface area contributed by atoms with Gasteiger partial charge in [0.05, 0.1) is 21.4 Å². The number of aromatic hydroxyl groups is 2. The van der Waals surface area contributed by atoms with Gasteiger partial charge in [-0.3, -0.25) is 4.55 Å². The smallest absolute Gasteiger partial charge is 0.294 e. The predicted octanol–water partition coefficient (Wildman–Crippen LogP) is 5.36. The SMILES string of the molecule is O=S(=O)(O)c1cc(O)c2c(ccc3[nH]c(-c4ccc(-c5ccc(Cl)cc5)cc4O)nc32)c1. The van der Waals surface area contributed by atoms with Gasteiger partial charge in [0.2, 0.25) is 0 Å². The Hall–Kier alpha value is -3.59. The van der Waals surface area contributed by atoms with Crippen molar-refractivity contribution in [3.63, 3.8) is 0 Å². The van der Waals surface area contributed by atoms with Gasteiger partial charge in [-0.25, -0.2) is 4.98 Å². The van der Waals surface area contributed by atoms with Crippen LogP contribution in [0.15, 0.2) is 71.6 Å². The Morgan fingerprint density at radius 2 is 1.56 bits per heavy atom. The van der Waals surface area contributed by atoms with E-state index < -0.39 is 15.0 Å². The fraction of sp³-hybridized carbons (Fsp3) is 0. The van der Waals surface area contributed by atoms with E-state index in [1.54, 1.807) is 36.4 Å². The maximum Gasteiger partial charge on any atom is 0.294 e. The van der Waals surface area contributed by atoms with Gasteiger partial charge >= 0.3 is 0 Å². The third-order valence-electron chi connectivity index (χ3n) is 5.25. The number of benzene rings is 4. The monoisotopic (exact) mass is 466 g/mol. The highest BCUT2D eigenvalue weighted by molar-refractivity contribution is 7.85. The van der Waals surface area contributed by atoms with Crippen LogP contribution in [0.3, 0.4) is 0 Å². The molecule has 0 bridgehead atoms. The van der Waals surface area contributed by atoms with Crippen molar-refractivity contribution in [2.45, 2.75) is 4.90 Å². The molecule has 5 rings (SSSR count). The van der Waals surface area contributed by atoms with Crippen LogP contribution in [0.25, 0.3) is 44.3 Å². The third-order valence-corrected chi connectivity index (χ3v) is 6.33. The summed E-state index contributed by atoms with van der Waals surface area (Å²) in [7, 11) is -4.47. The summed E-state index contributed by atoms with van der Waals surface area (Å²) >= 11 is 5.94. The highest BCUT2D eigenvalue weighted by Crippen LogP contribution is 2.37. The van der Waals surface area contributed by atoms with Gasteiger partial charge in [-0.1, -0.05) is 35.9 Å². The van der Waals surface area contributed by atoms with Gasteiger partial charge in [-0.2, -0.15) is 8.42 Å². The normalized spacial score (nSPS) is 11.9. The van der Waals surface area contributed by atoms with E-state index >= 15 is 0 Å². The molecule has 160 valence electrons. The summed E-state index contributed by atoms with van der Waals surface area (Å²) in [4.78, 5) is 7.24. The fourth-order valence-electron chi connectivity index (χ4n) is 3.71. The number of nitrogens with one attached hydrogen (secondary N) is 1. The van der Waals surface area contributed by atoms with Gasteiger partial charge in [0, 0.05) is 11.1 Å².